The van der Waals surface area contributed by atoms with Gasteiger partial charge in [-0.05, 0) is 25.0 Å². The lowest BCUT2D eigenvalue weighted by molar-refractivity contribution is 0.159. The molecule has 2 rings (SSSR count). The predicted octanol–water partition coefficient (Wildman–Crippen LogP) is 4.37. The summed E-state index contributed by atoms with van der Waals surface area (Å²) in [5, 5.41) is 3.33. The van der Waals surface area contributed by atoms with Crippen LogP contribution in [0, 0.1) is 11.6 Å². The van der Waals surface area contributed by atoms with Crippen LogP contribution < -0.4 is 5.32 Å². The van der Waals surface area contributed by atoms with Crippen LogP contribution in [-0.2, 0) is 0 Å². The molecule has 0 radical (unpaired) electrons. The largest absolute Gasteiger partial charge is 0.314 e. The van der Waals surface area contributed by atoms with Gasteiger partial charge < -0.3 is 5.32 Å². The predicted molar refractivity (Wildman–Crippen MR) is 92.5 cm³/mol. The maximum absolute atomic E-state index is 14.2. The van der Waals surface area contributed by atoms with Crippen LogP contribution in [0.2, 0.25) is 5.02 Å². The molecule has 2 nitrogen and oxygen atoms in total. The zero-order valence-corrected chi connectivity index (χ0v) is 14.5. The van der Waals surface area contributed by atoms with Gasteiger partial charge in [-0.3, -0.25) is 4.90 Å². The van der Waals surface area contributed by atoms with Gasteiger partial charge in [0.1, 0.15) is 11.6 Å². The smallest absolute Gasteiger partial charge is 0.132 e. The highest BCUT2D eigenvalue weighted by Gasteiger charge is 2.27. The molecule has 1 atom stereocenters. The van der Waals surface area contributed by atoms with E-state index in [1.54, 1.807) is 6.08 Å². The summed E-state index contributed by atoms with van der Waals surface area (Å²) in [5.74, 6) is -1.13. The summed E-state index contributed by atoms with van der Waals surface area (Å²) < 4.78 is 28.3. The molecule has 0 aliphatic carbocycles. The highest BCUT2D eigenvalue weighted by molar-refractivity contribution is 6.30. The summed E-state index contributed by atoms with van der Waals surface area (Å²) >= 11 is 5.70. The third kappa shape index (κ3) is 5.36. The third-order valence-corrected chi connectivity index (χ3v) is 3.83. The number of nitrogens with zero attached hydrogens (tertiary/aromatic N) is 1. The first kappa shape index (κ1) is 21.6. The summed E-state index contributed by atoms with van der Waals surface area (Å²) in [6.07, 6.45) is 3.15. The van der Waals surface area contributed by atoms with Gasteiger partial charge in [0.25, 0.3) is 0 Å². The summed E-state index contributed by atoms with van der Waals surface area (Å²) in [4.78, 5) is 2.12. The Kier molecular flexibility index (Phi) is 10.2. The molecule has 7 heteroatoms. The van der Waals surface area contributed by atoms with E-state index in [9.17, 15) is 8.78 Å². The molecular weight excluding hydrogens is 353 g/mol. The molecule has 1 heterocycles. The Morgan fingerprint density at radius 1 is 1.23 bits per heavy atom. The van der Waals surface area contributed by atoms with E-state index >= 15 is 0 Å². The van der Waals surface area contributed by atoms with E-state index < -0.39 is 11.6 Å². The van der Waals surface area contributed by atoms with Crippen molar-refractivity contribution in [1.29, 1.82) is 0 Å². The van der Waals surface area contributed by atoms with E-state index in [-0.39, 0.29) is 41.4 Å². The Morgan fingerprint density at radius 3 is 2.27 bits per heavy atom. The van der Waals surface area contributed by atoms with Crippen molar-refractivity contribution in [3.05, 3.63) is 47.0 Å². The lowest BCUT2D eigenvalue weighted by Crippen LogP contribution is -2.45. The number of allylic oxidation sites excluding steroid dienone is 1. The molecule has 0 bridgehead atoms. The molecule has 1 aliphatic heterocycles. The number of benzene rings is 1. The van der Waals surface area contributed by atoms with Crippen molar-refractivity contribution in [2.75, 3.05) is 26.2 Å². The van der Waals surface area contributed by atoms with Crippen molar-refractivity contribution >= 4 is 36.4 Å². The van der Waals surface area contributed by atoms with Gasteiger partial charge in [-0.15, -0.1) is 31.4 Å². The average Bonchev–Trinajstić information content (AvgIpc) is 2.42. The van der Waals surface area contributed by atoms with Crippen molar-refractivity contribution in [3.63, 3.8) is 0 Å². The molecule has 0 unspecified atom stereocenters. The van der Waals surface area contributed by atoms with Crippen molar-refractivity contribution in [1.82, 2.24) is 10.2 Å². The second kappa shape index (κ2) is 10.4. The lowest BCUT2D eigenvalue weighted by Gasteiger charge is -2.35. The quantitative estimate of drug-likeness (QED) is 0.771. The molecule has 1 aliphatic rings. The van der Waals surface area contributed by atoms with Gasteiger partial charge in [0.15, 0.2) is 0 Å². The number of piperazine rings is 1. The highest BCUT2D eigenvalue weighted by Crippen LogP contribution is 2.32. The van der Waals surface area contributed by atoms with Crippen LogP contribution in [-0.4, -0.2) is 31.1 Å². The minimum Gasteiger partial charge on any atom is -0.314 e. The van der Waals surface area contributed by atoms with E-state index in [0.29, 0.717) is 6.42 Å². The molecule has 1 fully saturated rings. The van der Waals surface area contributed by atoms with Crippen LogP contribution in [0.4, 0.5) is 8.78 Å². The number of hydrogen-bond donors (Lipinski definition) is 1. The van der Waals surface area contributed by atoms with Crippen molar-refractivity contribution in [2.45, 2.75) is 18.9 Å². The van der Waals surface area contributed by atoms with Gasteiger partial charge in [-0.25, -0.2) is 8.78 Å². The maximum atomic E-state index is 14.2. The van der Waals surface area contributed by atoms with E-state index in [1.165, 1.54) is 12.1 Å². The first-order valence-corrected chi connectivity index (χ1v) is 7.21. The van der Waals surface area contributed by atoms with Crippen LogP contribution in [0.3, 0.4) is 0 Å². The zero-order valence-electron chi connectivity index (χ0n) is 12.2. The third-order valence-electron chi connectivity index (χ3n) is 3.61. The number of hydrogen-bond acceptors (Lipinski definition) is 2. The molecule has 126 valence electrons. The standard InChI is InChI=1S/C15H19ClF2N2.2ClH/c1-2-3-4-14(20-7-5-19-6-8-20)15-12(17)9-11(16)10-13(15)18;;/h2,9-10,14,19H,1,3-8H2;2*1H/t14-;;/m0../s1. The first-order valence-electron chi connectivity index (χ1n) is 6.83. The first-order chi connectivity index (χ1) is 9.63. The van der Waals surface area contributed by atoms with Gasteiger partial charge in [-0.2, -0.15) is 0 Å². The Morgan fingerprint density at radius 2 is 1.77 bits per heavy atom. The number of rotatable bonds is 5. The fourth-order valence-electron chi connectivity index (χ4n) is 2.65. The van der Waals surface area contributed by atoms with E-state index in [0.717, 1.165) is 32.6 Å². The van der Waals surface area contributed by atoms with Gasteiger partial charge in [-0.1, -0.05) is 17.7 Å². The Hall–Kier alpha value is -0.390. The summed E-state index contributed by atoms with van der Waals surface area (Å²) in [7, 11) is 0. The molecule has 0 spiro atoms. The SMILES string of the molecule is C=CCC[C@@H](c1c(F)cc(Cl)cc1F)N1CCNCC1.Cl.Cl. The van der Waals surface area contributed by atoms with Gasteiger partial charge >= 0.3 is 0 Å². The molecular formula is C15H21Cl3F2N2. The summed E-state index contributed by atoms with van der Waals surface area (Å²) in [5.41, 5.74) is 0.123. The van der Waals surface area contributed by atoms with E-state index in [1.807, 2.05) is 0 Å². The fraction of sp³-hybridized carbons (Fsp3) is 0.467. The summed E-state index contributed by atoms with van der Waals surface area (Å²) in [6.45, 7) is 6.92. The fourth-order valence-corrected chi connectivity index (χ4v) is 2.84. The zero-order chi connectivity index (χ0) is 14.5. The lowest BCUT2D eigenvalue weighted by atomic mass is 9.98. The minimum atomic E-state index is -0.567. The van der Waals surface area contributed by atoms with Gasteiger partial charge in [0.2, 0.25) is 0 Å². The van der Waals surface area contributed by atoms with Crippen molar-refractivity contribution in [3.8, 4) is 0 Å². The average molecular weight is 374 g/mol. The molecule has 1 saturated heterocycles. The van der Waals surface area contributed by atoms with Crippen LogP contribution >= 0.6 is 36.4 Å². The van der Waals surface area contributed by atoms with Crippen LogP contribution in [0.25, 0.3) is 0 Å². The van der Waals surface area contributed by atoms with Crippen LogP contribution in [0.5, 0.6) is 0 Å². The minimum absolute atomic E-state index is 0. The molecule has 22 heavy (non-hydrogen) atoms. The van der Waals surface area contributed by atoms with E-state index in [2.05, 4.69) is 16.8 Å². The molecule has 0 saturated carbocycles. The molecule has 1 aromatic rings. The maximum Gasteiger partial charge on any atom is 0.132 e. The van der Waals surface area contributed by atoms with Crippen LogP contribution in [0.1, 0.15) is 24.4 Å². The molecule has 1 N–H and O–H groups in total. The molecule has 0 aromatic heterocycles. The topological polar surface area (TPSA) is 15.3 Å². The van der Waals surface area contributed by atoms with Gasteiger partial charge in [0.05, 0.1) is 0 Å². The second-order valence-electron chi connectivity index (χ2n) is 4.95. The molecule has 0 amide bonds. The van der Waals surface area contributed by atoms with E-state index in [4.69, 9.17) is 11.6 Å². The Bertz CT molecular complexity index is 457. The second-order valence-corrected chi connectivity index (χ2v) is 5.39. The Balaban J connectivity index is 0.00000220. The van der Waals surface area contributed by atoms with Crippen molar-refractivity contribution in [2.24, 2.45) is 0 Å². The Labute approximate surface area is 147 Å². The summed E-state index contributed by atoms with van der Waals surface area (Å²) in [6, 6.07) is 2.10. The van der Waals surface area contributed by atoms with Gasteiger partial charge in [0, 0.05) is 42.8 Å². The normalized spacial score (nSPS) is 16.3. The molecule has 1 aromatic carbocycles. The van der Waals surface area contributed by atoms with Crippen LogP contribution in [0.15, 0.2) is 24.8 Å². The number of halogens is 5. The number of nitrogens with one attached hydrogen (secondary N) is 1. The van der Waals surface area contributed by atoms with Crippen molar-refractivity contribution < 1.29 is 8.78 Å². The monoisotopic (exact) mass is 372 g/mol. The highest BCUT2D eigenvalue weighted by atomic mass is 35.5.